The fourth-order valence-electron chi connectivity index (χ4n) is 1.37. The molecule has 0 atom stereocenters. The maximum Gasteiger partial charge on any atom is 0.142 e. The molecule has 0 unspecified atom stereocenters. The van der Waals surface area contributed by atoms with Gasteiger partial charge in [0.25, 0.3) is 0 Å². The lowest BCUT2D eigenvalue weighted by molar-refractivity contribution is 0.177. The molecule has 0 aliphatic heterocycles. The van der Waals surface area contributed by atoms with Gasteiger partial charge >= 0.3 is 0 Å². The highest BCUT2D eigenvalue weighted by atomic mass is 32.1. The minimum Gasteiger partial charge on any atom is -0.427 e. The van der Waals surface area contributed by atoms with Gasteiger partial charge in [0.15, 0.2) is 0 Å². The fourth-order valence-corrected chi connectivity index (χ4v) is 1.89. The Hall–Kier alpha value is -1.62. The summed E-state index contributed by atoms with van der Waals surface area (Å²) < 4.78 is 1.95. The number of nitrogens with zero attached hydrogens (tertiary/aromatic N) is 3. The Kier molecular flexibility index (Phi) is 2.32. The monoisotopic (exact) mass is 221 g/mol. The van der Waals surface area contributed by atoms with Gasteiger partial charge in [0.1, 0.15) is 11.5 Å². The lowest BCUT2D eigenvalue weighted by Crippen LogP contribution is -2.19. The van der Waals surface area contributed by atoms with Gasteiger partial charge in [-0.1, -0.05) is 6.58 Å². The summed E-state index contributed by atoms with van der Waals surface area (Å²) in [5.41, 5.74) is 3.17. The summed E-state index contributed by atoms with van der Waals surface area (Å²) in [6.45, 7) is 7.45. The van der Waals surface area contributed by atoms with Crippen LogP contribution in [-0.4, -0.2) is 19.9 Å². The molecule has 0 aromatic carbocycles. The van der Waals surface area contributed by atoms with Crippen LogP contribution >= 0.6 is 11.3 Å². The van der Waals surface area contributed by atoms with Crippen molar-refractivity contribution in [3.8, 4) is 0 Å². The van der Waals surface area contributed by atoms with Crippen LogP contribution < -0.4 is 9.88 Å². The molecular weight excluding hydrogens is 210 g/mol. The highest BCUT2D eigenvalue weighted by molar-refractivity contribution is 7.07. The quantitative estimate of drug-likeness (QED) is 0.711. The molecule has 0 saturated carbocycles. The molecule has 0 radical (unpaired) electrons. The van der Waals surface area contributed by atoms with E-state index in [2.05, 4.69) is 16.5 Å². The van der Waals surface area contributed by atoms with E-state index in [4.69, 9.17) is 0 Å². The largest absolute Gasteiger partial charge is 0.427 e. The van der Waals surface area contributed by atoms with E-state index >= 15 is 0 Å². The zero-order valence-electron chi connectivity index (χ0n) is 8.56. The van der Waals surface area contributed by atoms with E-state index in [1.54, 1.807) is 18.5 Å². The van der Waals surface area contributed by atoms with Crippen molar-refractivity contribution in [3.05, 3.63) is 32.6 Å². The number of hydrogen-bond acceptors (Lipinski definition) is 4. The van der Waals surface area contributed by atoms with Crippen molar-refractivity contribution in [2.75, 3.05) is 0 Å². The van der Waals surface area contributed by atoms with E-state index in [1.165, 1.54) is 11.3 Å². The van der Waals surface area contributed by atoms with E-state index in [-0.39, 0.29) is 0 Å². The first kappa shape index (κ1) is 9.92. The van der Waals surface area contributed by atoms with Crippen LogP contribution in [-0.2, 0) is 0 Å². The van der Waals surface area contributed by atoms with E-state index in [1.807, 2.05) is 6.92 Å². The summed E-state index contributed by atoms with van der Waals surface area (Å²) in [6.07, 6.45) is 1.79. The van der Waals surface area contributed by atoms with Gasteiger partial charge < -0.3 is 5.21 Å². The van der Waals surface area contributed by atoms with Gasteiger partial charge in [-0.15, -0.1) is 11.3 Å². The summed E-state index contributed by atoms with van der Waals surface area (Å²) >= 11 is 1.48. The van der Waals surface area contributed by atoms with Crippen LogP contribution in [0.1, 0.15) is 17.2 Å². The summed E-state index contributed by atoms with van der Waals surface area (Å²) in [5.74, 6) is 0.569. The molecule has 0 aliphatic rings. The molecule has 1 N–H and O–H groups in total. The van der Waals surface area contributed by atoms with Crippen molar-refractivity contribution >= 4 is 24.0 Å². The van der Waals surface area contributed by atoms with Crippen molar-refractivity contribution in [2.24, 2.45) is 0 Å². The summed E-state index contributed by atoms with van der Waals surface area (Å²) in [7, 11) is 0. The molecule has 2 rings (SSSR count). The van der Waals surface area contributed by atoms with Crippen LogP contribution in [0.2, 0.25) is 0 Å². The number of aryl methyl sites for hydroxylation is 2. The van der Waals surface area contributed by atoms with Crippen LogP contribution in [0.3, 0.4) is 0 Å². The van der Waals surface area contributed by atoms with Gasteiger partial charge in [-0.2, -0.15) is 4.73 Å². The van der Waals surface area contributed by atoms with Gasteiger partial charge in [-0.25, -0.2) is 9.97 Å². The van der Waals surface area contributed by atoms with Gasteiger partial charge in [0.2, 0.25) is 0 Å². The number of aromatic nitrogens is 3. The lowest BCUT2D eigenvalue weighted by atomic mass is 10.3. The maximum absolute atomic E-state index is 9.69. The zero-order valence-corrected chi connectivity index (χ0v) is 9.38. The Morgan fingerprint density at radius 3 is 2.73 bits per heavy atom. The molecule has 78 valence electrons. The van der Waals surface area contributed by atoms with Crippen LogP contribution in [0.5, 0.6) is 0 Å². The van der Waals surface area contributed by atoms with Crippen molar-refractivity contribution in [1.29, 1.82) is 0 Å². The molecule has 2 aromatic heterocycles. The molecule has 0 aliphatic carbocycles. The second kappa shape index (κ2) is 3.51. The molecule has 0 saturated heterocycles. The normalized spacial score (nSPS) is 12.3. The third-order valence-corrected chi connectivity index (χ3v) is 2.89. The molecular formula is C10H11N3OS. The molecule has 0 amide bonds. The minimum atomic E-state index is 0.569. The minimum absolute atomic E-state index is 0.569. The third kappa shape index (κ3) is 1.66. The highest BCUT2D eigenvalue weighted by Crippen LogP contribution is 2.08. The van der Waals surface area contributed by atoms with E-state index in [0.29, 0.717) is 11.5 Å². The summed E-state index contributed by atoms with van der Waals surface area (Å²) in [6, 6.07) is 0. The number of rotatable bonds is 1. The molecule has 2 aromatic rings. The standard InChI is InChI=1S/C10H11N3OS/c1-6-10(13(14)8(3)12-6)4-9-7(2)15-5-11-9/h4-5,14H,2H2,1,3H3/b9-4+. The highest BCUT2D eigenvalue weighted by Gasteiger charge is 2.07. The molecule has 0 bridgehead atoms. The Bertz CT molecular complexity index is 597. The smallest absolute Gasteiger partial charge is 0.142 e. The first-order valence-electron chi connectivity index (χ1n) is 4.45. The van der Waals surface area contributed by atoms with Crippen LogP contribution in [0.15, 0.2) is 5.51 Å². The second-order valence-corrected chi connectivity index (χ2v) is 4.19. The fraction of sp³-hybridized carbons (Fsp3) is 0.200. The molecule has 15 heavy (non-hydrogen) atoms. The average molecular weight is 221 g/mol. The SMILES string of the molecule is C=c1scn/c1=C/c1c(C)nc(C)n1O. The van der Waals surface area contributed by atoms with Gasteiger partial charge in [0.05, 0.1) is 16.6 Å². The van der Waals surface area contributed by atoms with E-state index < -0.39 is 0 Å². The molecule has 4 nitrogen and oxygen atoms in total. The predicted octanol–water partition coefficient (Wildman–Crippen LogP) is 0.433. The van der Waals surface area contributed by atoms with Crippen molar-refractivity contribution in [1.82, 2.24) is 14.7 Å². The Morgan fingerprint density at radius 2 is 2.27 bits per heavy atom. The number of hydrogen-bond donors (Lipinski definition) is 1. The second-order valence-electron chi connectivity index (χ2n) is 3.25. The van der Waals surface area contributed by atoms with Crippen molar-refractivity contribution in [2.45, 2.75) is 13.8 Å². The zero-order chi connectivity index (χ0) is 11.0. The van der Waals surface area contributed by atoms with Crippen LogP contribution in [0.4, 0.5) is 0 Å². The van der Waals surface area contributed by atoms with E-state index in [9.17, 15) is 5.21 Å². The molecule has 2 heterocycles. The topological polar surface area (TPSA) is 50.9 Å². The Balaban J connectivity index is 2.67. The van der Waals surface area contributed by atoms with Crippen molar-refractivity contribution < 1.29 is 5.21 Å². The summed E-state index contributed by atoms with van der Waals surface area (Å²) in [4.78, 5) is 8.31. The average Bonchev–Trinajstić information content (AvgIpc) is 2.67. The Morgan fingerprint density at radius 1 is 1.53 bits per heavy atom. The van der Waals surface area contributed by atoms with Crippen LogP contribution in [0, 0.1) is 13.8 Å². The van der Waals surface area contributed by atoms with Gasteiger partial charge in [-0.05, 0) is 19.9 Å². The van der Waals surface area contributed by atoms with E-state index in [0.717, 1.165) is 20.3 Å². The lowest BCUT2D eigenvalue weighted by Gasteiger charge is -1.95. The Labute approximate surface area is 90.8 Å². The van der Waals surface area contributed by atoms with Gasteiger partial charge in [0, 0.05) is 4.53 Å². The number of imidazole rings is 1. The van der Waals surface area contributed by atoms with Crippen molar-refractivity contribution in [3.63, 3.8) is 0 Å². The molecule has 5 heteroatoms. The molecule has 0 fully saturated rings. The van der Waals surface area contributed by atoms with Gasteiger partial charge in [-0.3, -0.25) is 0 Å². The first-order valence-corrected chi connectivity index (χ1v) is 5.33. The predicted molar refractivity (Wildman–Crippen MR) is 59.3 cm³/mol. The molecule has 0 spiro atoms. The number of thiazole rings is 1. The first-order chi connectivity index (χ1) is 7.09. The van der Waals surface area contributed by atoms with Crippen LogP contribution in [0.25, 0.3) is 12.7 Å². The maximum atomic E-state index is 9.69. The summed E-state index contributed by atoms with van der Waals surface area (Å²) in [5, 5.41) is 10.5. The third-order valence-electron chi connectivity index (χ3n) is 2.18.